The SMILES string of the molecule is C=C(C(C)=O)C(NS(=O)(=O)c1ccc(C)cc1)c1cccc(OC)c1O. The summed E-state index contributed by atoms with van der Waals surface area (Å²) in [4.78, 5) is 11.9. The van der Waals surface area contributed by atoms with Gasteiger partial charge in [0.2, 0.25) is 10.0 Å². The standard InChI is InChI=1S/C19H21NO5S/c1-12-8-10-15(11-9-12)26(23,24)20-18(13(2)14(3)21)16-6-5-7-17(25-4)19(16)22/h5-11,18,20,22H,2H2,1,3-4H3. The molecule has 0 heterocycles. The molecular formula is C19H21NO5S. The average molecular weight is 375 g/mol. The Morgan fingerprint density at radius 3 is 2.35 bits per heavy atom. The van der Waals surface area contributed by atoms with Crippen LogP contribution in [0, 0.1) is 6.92 Å². The number of rotatable bonds is 7. The summed E-state index contributed by atoms with van der Waals surface area (Å²) < 4.78 is 33.0. The van der Waals surface area contributed by atoms with Gasteiger partial charge in [0.25, 0.3) is 0 Å². The summed E-state index contributed by atoms with van der Waals surface area (Å²) in [6, 6.07) is 9.78. The van der Waals surface area contributed by atoms with Crippen molar-refractivity contribution in [3.63, 3.8) is 0 Å². The van der Waals surface area contributed by atoms with Gasteiger partial charge < -0.3 is 9.84 Å². The van der Waals surface area contributed by atoms with E-state index in [0.717, 1.165) is 5.56 Å². The number of carbonyl (C=O) groups excluding carboxylic acids is 1. The van der Waals surface area contributed by atoms with Gasteiger partial charge in [0, 0.05) is 11.1 Å². The maximum atomic E-state index is 12.7. The van der Waals surface area contributed by atoms with Crippen LogP contribution in [-0.2, 0) is 14.8 Å². The van der Waals surface area contributed by atoms with Crippen molar-refractivity contribution >= 4 is 15.8 Å². The first kappa shape index (κ1) is 19.7. The molecule has 0 aliphatic rings. The number of methoxy groups -OCH3 is 1. The van der Waals surface area contributed by atoms with Gasteiger partial charge in [0.05, 0.1) is 18.0 Å². The van der Waals surface area contributed by atoms with Gasteiger partial charge in [-0.2, -0.15) is 4.72 Å². The second-order valence-corrected chi connectivity index (χ2v) is 7.56. The first-order valence-corrected chi connectivity index (χ1v) is 9.30. The highest BCUT2D eigenvalue weighted by Gasteiger charge is 2.28. The highest BCUT2D eigenvalue weighted by atomic mass is 32.2. The molecule has 0 aliphatic heterocycles. The number of sulfonamides is 1. The zero-order chi connectivity index (χ0) is 19.5. The predicted molar refractivity (Wildman–Crippen MR) is 98.7 cm³/mol. The summed E-state index contributed by atoms with van der Waals surface area (Å²) in [5, 5.41) is 10.4. The molecular weight excluding hydrogens is 354 g/mol. The lowest BCUT2D eigenvalue weighted by Crippen LogP contribution is -2.31. The topological polar surface area (TPSA) is 92.7 Å². The second-order valence-electron chi connectivity index (χ2n) is 5.85. The van der Waals surface area contributed by atoms with Crippen LogP contribution in [-0.4, -0.2) is 26.4 Å². The van der Waals surface area contributed by atoms with Crippen LogP contribution in [0.4, 0.5) is 0 Å². The molecule has 1 atom stereocenters. The maximum absolute atomic E-state index is 12.7. The van der Waals surface area contributed by atoms with E-state index in [1.54, 1.807) is 18.2 Å². The second kappa shape index (κ2) is 7.72. The lowest BCUT2D eigenvalue weighted by molar-refractivity contribution is -0.113. The molecule has 0 bridgehead atoms. The number of aromatic hydroxyl groups is 1. The molecule has 0 aromatic heterocycles. The largest absolute Gasteiger partial charge is 0.504 e. The molecule has 7 heteroatoms. The lowest BCUT2D eigenvalue weighted by atomic mass is 9.97. The molecule has 0 radical (unpaired) electrons. The number of Topliss-reactive ketones (excluding diaryl/α,β-unsaturated/α-hetero) is 1. The van der Waals surface area contributed by atoms with Crippen LogP contribution in [0.2, 0.25) is 0 Å². The number of para-hydroxylation sites is 1. The van der Waals surface area contributed by atoms with Crippen LogP contribution in [0.3, 0.4) is 0 Å². The van der Waals surface area contributed by atoms with E-state index in [1.165, 1.54) is 38.3 Å². The van der Waals surface area contributed by atoms with Crippen molar-refractivity contribution in [2.24, 2.45) is 0 Å². The van der Waals surface area contributed by atoms with Crippen molar-refractivity contribution < 1.29 is 23.1 Å². The number of ketones is 1. The van der Waals surface area contributed by atoms with E-state index in [2.05, 4.69) is 11.3 Å². The minimum atomic E-state index is -3.95. The van der Waals surface area contributed by atoms with E-state index in [1.807, 2.05) is 6.92 Å². The van der Waals surface area contributed by atoms with Gasteiger partial charge in [0.15, 0.2) is 17.3 Å². The molecule has 0 spiro atoms. The molecule has 2 N–H and O–H groups in total. The molecule has 26 heavy (non-hydrogen) atoms. The van der Waals surface area contributed by atoms with Gasteiger partial charge in [-0.05, 0) is 32.0 Å². The Kier molecular flexibility index (Phi) is 5.84. The third-order valence-electron chi connectivity index (χ3n) is 3.97. The van der Waals surface area contributed by atoms with Crippen molar-refractivity contribution in [2.45, 2.75) is 24.8 Å². The summed E-state index contributed by atoms with van der Waals surface area (Å²) >= 11 is 0. The Morgan fingerprint density at radius 2 is 1.81 bits per heavy atom. The van der Waals surface area contributed by atoms with Gasteiger partial charge in [-0.3, -0.25) is 4.79 Å². The van der Waals surface area contributed by atoms with E-state index in [9.17, 15) is 18.3 Å². The molecule has 0 saturated heterocycles. The van der Waals surface area contributed by atoms with Crippen LogP contribution in [0.1, 0.15) is 24.1 Å². The third kappa shape index (κ3) is 4.12. The average Bonchev–Trinajstić information content (AvgIpc) is 2.60. The minimum absolute atomic E-state index is 0.00393. The number of hydrogen-bond donors (Lipinski definition) is 2. The predicted octanol–water partition coefficient (Wildman–Crippen LogP) is 2.87. The van der Waals surface area contributed by atoms with Gasteiger partial charge in [0.1, 0.15) is 0 Å². The first-order valence-electron chi connectivity index (χ1n) is 7.82. The maximum Gasteiger partial charge on any atom is 0.241 e. The van der Waals surface area contributed by atoms with E-state index < -0.39 is 21.8 Å². The van der Waals surface area contributed by atoms with Crippen LogP contribution >= 0.6 is 0 Å². The molecule has 2 aromatic carbocycles. The summed E-state index contributed by atoms with van der Waals surface area (Å²) in [7, 11) is -2.58. The molecule has 0 aliphatic carbocycles. The van der Waals surface area contributed by atoms with Gasteiger partial charge in [-0.1, -0.05) is 36.4 Å². The molecule has 2 rings (SSSR count). The Morgan fingerprint density at radius 1 is 1.19 bits per heavy atom. The lowest BCUT2D eigenvalue weighted by Gasteiger charge is -2.22. The monoisotopic (exact) mass is 375 g/mol. The highest BCUT2D eigenvalue weighted by Crippen LogP contribution is 2.36. The van der Waals surface area contributed by atoms with Crippen LogP contribution in [0.5, 0.6) is 11.5 Å². The molecule has 0 saturated carbocycles. The van der Waals surface area contributed by atoms with E-state index >= 15 is 0 Å². The fourth-order valence-electron chi connectivity index (χ4n) is 2.40. The fourth-order valence-corrected chi connectivity index (χ4v) is 3.61. The molecule has 138 valence electrons. The summed E-state index contributed by atoms with van der Waals surface area (Å²) in [5.74, 6) is -0.490. The molecule has 0 fully saturated rings. The number of benzene rings is 2. The van der Waals surface area contributed by atoms with Crippen molar-refractivity contribution in [2.75, 3.05) is 7.11 Å². The van der Waals surface area contributed by atoms with Gasteiger partial charge in [-0.15, -0.1) is 0 Å². The number of aryl methyl sites for hydroxylation is 1. The molecule has 0 amide bonds. The fraction of sp³-hybridized carbons (Fsp3) is 0.211. The van der Waals surface area contributed by atoms with Crippen LogP contribution < -0.4 is 9.46 Å². The van der Waals surface area contributed by atoms with Gasteiger partial charge >= 0.3 is 0 Å². The first-order chi connectivity index (χ1) is 12.2. The highest BCUT2D eigenvalue weighted by molar-refractivity contribution is 7.89. The zero-order valence-electron chi connectivity index (χ0n) is 14.8. The molecule has 1 unspecified atom stereocenters. The summed E-state index contributed by atoms with van der Waals surface area (Å²) in [6.07, 6.45) is 0. The number of carbonyl (C=O) groups is 1. The zero-order valence-corrected chi connectivity index (χ0v) is 15.6. The summed E-state index contributed by atoms with van der Waals surface area (Å²) in [5.41, 5.74) is 1.10. The van der Waals surface area contributed by atoms with Crippen molar-refractivity contribution in [3.05, 3.63) is 65.7 Å². The van der Waals surface area contributed by atoms with Gasteiger partial charge in [-0.25, -0.2) is 8.42 Å². The molecule has 6 nitrogen and oxygen atoms in total. The Bertz CT molecular complexity index is 933. The normalized spacial score (nSPS) is 12.4. The molecule has 2 aromatic rings. The van der Waals surface area contributed by atoms with E-state index in [4.69, 9.17) is 4.74 Å². The van der Waals surface area contributed by atoms with Crippen molar-refractivity contribution in [1.29, 1.82) is 0 Å². The number of phenols is 1. The Balaban J connectivity index is 2.51. The minimum Gasteiger partial charge on any atom is -0.504 e. The van der Waals surface area contributed by atoms with Crippen LogP contribution in [0.25, 0.3) is 0 Å². The number of hydrogen-bond acceptors (Lipinski definition) is 5. The van der Waals surface area contributed by atoms with Crippen molar-refractivity contribution in [1.82, 2.24) is 4.72 Å². The Hall–Kier alpha value is -2.64. The third-order valence-corrected chi connectivity index (χ3v) is 5.40. The Labute approximate surface area is 153 Å². The van der Waals surface area contributed by atoms with Crippen molar-refractivity contribution in [3.8, 4) is 11.5 Å². The van der Waals surface area contributed by atoms with Crippen LogP contribution in [0.15, 0.2) is 59.5 Å². The van der Waals surface area contributed by atoms with E-state index in [0.29, 0.717) is 0 Å². The van der Waals surface area contributed by atoms with E-state index in [-0.39, 0.29) is 27.5 Å². The summed E-state index contributed by atoms with van der Waals surface area (Å²) in [6.45, 7) is 6.82. The number of ether oxygens (including phenoxy) is 1. The quantitative estimate of drug-likeness (QED) is 0.726. The number of phenolic OH excluding ortho intramolecular Hbond substituents is 1. The smallest absolute Gasteiger partial charge is 0.241 e. The number of nitrogens with one attached hydrogen (secondary N) is 1.